The van der Waals surface area contributed by atoms with E-state index in [2.05, 4.69) is 16.0 Å². The number of hydrogen-bond donors (Lipinski definition) is 0. The highest BCUT2D eigenvalue weighted by atomic mass is 32.2. The lowest BCUT2D eigenvalue weighted by Crippen LogP contribution is -2.52. The van der Waals surface area contributed by atoms with Crippen molar-refractivity contribution in [1.29, 1.82) is 5.26 Å². The molecule has 0 bridgehead atoms. The van der Waals surface area contributed by atoms with Crippen LogP contribution in [-0.4, -0.2) is 51.1 Å². The first-order valence-corrected chi connectivity index (χ1v) is 12.8. The SMILES string of the molecule is C[C@@H]1CN(c2ccc(C#N)c3ncccc23)C[C@H](C(CCc2ccccc2)OS(C)(=O)=O)O1. The van der Waals surface area contributed by atoms with Crippen LogP contribution in [0.15, 0.2) is 60.8 Å². The summed E-state index contributed by atoms with van der Waals surface area (Å²) in [4.78, 5) is 6.58. The number of morpholine rings is 1. The van der Waals surface area contributed by atoms with Crippen LogP contribution in [0.1, 0.15) is 24.5 Å². The third-order valence-electron chi connectivity index (χ3n) is 5.77. The van der Waals surface area contributed by atoms with Crippen molar-refractivity contribution in [1.82, 2.24) is 4.98 Å². The van der Waals surface area contributed by atoms with Crippen LogP contribution in [0.5, 0.6) is 0 Å². The number of aromatic nitrogens is 1. The summed E-state index contributed by atoms with van der Waals surface area (Å²) in [7, 11) is -3.66. The summed E-state index contributed by atoms with van der Waals surface area (Å²) in [6, 6.07) is 19.6. The van der Waals surface area contributed by atoms with Gasteiger partial charge >= 0.3 is 0 Å². The summed E-state index contributed by atoms with van der Waals surface area (Å²) >= 11 is 0. The molecule has 0 spiro atoms. The van der Waals surface area contributed by atoms with Crippen LogP contribution in [-0.2, 0) is 25.5 Å². The van der Waals surface area contributed by atoms with Crippen molar-refractivity contribution in [2.45, 2.75) is 38.1 Å². The molecule has 1 unspecified atom stereocenters. The summed E-state index contributed by atoms with van der Waals surface area (Å²) in [6.07, 6.45) is 2.76. The van der Waals surface area contributed by atoms with Crippen LogP contribution in [0.25, 0.3) is 10.9 Å². The molecule has 2 heterocycles. The van der Waals surface area contributed by atoms with Crippen molar-refractivity contribution in [3.05, 3.63) is 71.9 Å². The van der Waals surface area contributed by atoms with Crippen LogP contribution in [0.4, 0.5) is 5.69 Å². The zero-order valence-electron chi connectivity index (χ0n) is 18.7. The van der Waals surface area contributed by atoms with Gasteiger partial charge in [-0.05, 0) is 49.6 Å². The number of pyridine rings is 1. The van der Waals surface area contributed by atoms with Gasteiger partial charge in [0.25, 0.3) is 10.1 Å². The molecule has 1 aromatic heterocycles. The summed E-state index contributed by atoms with van der Waals surface area (Å²) in [5.41, 5.74) is 3.23. The van der Waals surface area contributed by atoms with Gasteiger partial charge in [-0.2, -0.15) is 13.7 Å². The zero-order valence-corrected chi connectivity index (χ0v) is 19.5. The van der Waals surface area contributed by atoms with Gasteiger partial charge in [-0.25, -0.2) is 0 Å². The highest BCUT2D eigenvalue weighted by Crippen LogP contribution is 2.31. The Balaban J connectivity index is 1.62. The van der Waals surface area contributed by atoms with E-state index in [1.54, 1.807) is 12.3 Å². The Hall–Kier alpha value is -2.99. The maximum absolute atomic E-state index is 12.0. The molecule has 3 atom stereocenters. The normalized spacial score (nSPS) is 19.8. The lowest BCUT2D eigenvalue weighted by molar-refractivity contribution is -0.0713. The lowest BCUT2D eigenvalue weighted by Gasteiger charge is -2.41. The Labute approximate surface area is 194 Å². The van der Waals surface area contributed by atoms with Gasteiger partial charge in [0.2, 0.25) is 0 Å². The van der Waals surface area contributed by atoms with E-state index in [1.165, 1.54) is 0 Å². The van der Waals surface area contributed by atoms with E-state index in [-0.39, 0.29) is 6.10 Å². The number of anilines is 1. The first-order chi connectivity index (χ1) is 15.8. The Morgan fingerprint density at radius 3 is 2.70 bits per heavy atom. The number of benzene rings is 2. The molecule has 0 saturated carbocycles. The lowest BCUT2D eigenvalue weighted by atomic mass is 10.0. The van der Waals surface area contributed by atoms with E-state index in [0.29, 0.717) is 37.0 Å². The van der Waals surface area contributed by atoms with Gasteiger partial charge < -0.3 is 9.64 Å². The van der Waals surface area contributed by atoms with Crippen LogP contribution in [0.3, 0.4) is 0 Å². The van der Waals surface area contributed by atoms with Crippen LogP contribution in [0, 0.1) is 11.3 Å². The number of rotatable bonds is 7. The van der Waals surface area contributed by atoms with Gasteiger partial charge in [-0.15, -0.1) is 0 Å². The molecule has 1 fully saturated rings. The van der Waals surface area contributed by atoms with Gasteiger partial charge in [-0.3, -0.25) is 9.17 Å². The van der Waals surface area contributed by atoms with Gasteiger partial charge in [-0.1, -0.05) is 30.3 Å². The molecule has 1 saturated heterocycles. The average molecular weight is 466 g/mol. The predicted octanol–water partition coefficient (Wildman–Crippen LogP) is 3.68. The predicted molar refractivity (Wildman–Crippen MR) is 127 cm³/mol. The highest BCUT2D eigenvalue weighted by molar-refractivity contribution is 7.86. The second kappa shape index (κ2) is 9.87. The van der Waals surface area contributed by atoms with E-state index >= 15 is 0 Å². The van der Waals surface area contributed by atoms with Crippen LogP contribution >= 0.6 is 0 Å². The maximum atomic E-state index is 12.0. The van der Waals surface area contributed by atoms with E-state index in [1.807, 2.05) is 55.5 Å². The number of hydrogen-bond acceptors (Lipinski definition) is 7. The summed E-state index contributed by atoms with van der Waals surface area (Å²) in [6.45, 7) is 3.07. The molecule has 8 heteroatoms. The van der Waals surface area contributed by atoms with Crippen molar-refractivity contribution in [3.63, 3.8) is 0 Å². The molecule has 0 amide bonds. The minimum atomic E-state index is -3.66. The summed E-state index contributed by atoms with van der Waals surface area (Å²) in [5, 5.41) is 10.3. The largest absolute Gasteiger partial charge is 0.369 e. The molecule has 33 heavy (non-hydrogen) atoms. The van der Waals surface area contributed by atoms with Gasteiger partial charge in [0.05, 0.1) is 23.4 Å². The fourth-order valence-electron chi connectivity index (χ4n) is 4.39. The number of aryl methyl sites for hydroxylation is 1. The molecular weight excluding hydrogens is 438 g/mol. The van der Waals surface area contributed by atoms with Gasteiger partial charge in [0.1, 0.15) is 18.3 Å². The Bertz CT molecular complexity index is 1260. The summed E-state index contributed by atoms with van der Waals surface area (Å²) in [5.74, 6) is 0. The Kier molecular flexibility index (Phi) is 6.94. The Morgan fingerprint density at radius 2 is 1.97 bits per heavy atom. The van der Waals surface area contributed by atoms with Crippen molar-refractivity contribution in [3.8, 4) is 6.07 Å². The minimum Gasteiger partial charge on any atom is -0.369 e. The monoisotopic (exact) mass is 465 g/mol. The smallest absolute Gasteiger partial charge is 0.264 e. The highest BCUT2D eigenvalue weighted by Gasteiger charge is 2.34. The molecule has 2 aromatic carbocycles. The van der Waals surface area contributed by atoms with Crippen LogP contribution < -0.4 is 4.90 Å². The maximum Gasteiger partial charge on any atom is 0.264 e. The van der Waals surface area contributed by atoms with E-state index in [0.717, 1.165) is 22.9 Å². The molecule has 172 valence electrons. The van der Waals surface area contributed by atoms with Crippen molar-refractivity contribution >= 4 is 26.7 Å². The summed E-state index contributed by atoms with van der Waals surface area (Å²) < 4.78 is 35.8. The second-order valence-corrected chi connectivity index (χ2v) is 10.00. The number of nitriles is 1. The molecule has 0 radical (unpaired) electrons. The topological polar surface area (TPSA) is 92.5 Å². The number of ether oxygens (including phenoxy) is 1. The molecule has 3 aromatic rings. The standard InChI is InChI=1S/C25H27N3O4S/c1-18-16-28(22-12-11-20(15-26)25-21(22)9-6-14-27-25)17-24(31-18)23(32-33(2,29)30)13-10-19-7-4-3-5-8-19/h3-9,11-12,14,18,23-24H,10,13,16-17H2,1-2H3/t18-,23?,24-/m1/s1. The molecule has 7 nitrogen and oxygen atoms in total. The van der Waals surface area contributed by atoms with Crippen molar-refractivity contribution < 1.29 is 17.3 Å². The number of nitrogens with zero attached hydrogens (tertiary/aromatic N) is 3. The third-order valence-corrected chi connectivity index (χ3v) is 6.36. The average Bonchev–Trinajstić information content (AvgIpc) is 2.80. The van der Waals surface area contributed by atoms with Crippen molar-refractivity contribution in [2.24, 2.45) is 0 Å². The first kappa shape index (κ1) is 23.2. The quantitative estimate of drug-likeness (QED) is 0.492. The minimum absolute atomic E-state index is 0.131. The third kappa shape index (κ3) is 5.69. The fourth-order valence-corrected chi connectivity index (χ4v) is 5.06. The van der Waals surface area contributed by atoms with Crippen LogP contribution in [0.2, 0.25) is 0 Å². The molecule has 1 aliphatic rings. The number of fused-ring (bicyclic) bond motifs is 1. The van der Waals surface area contributed by atoms with E-state index < -0.39 is 22.3 Å². The second-order valence-electron chi connectivity index (χ2n) is 8.40. The van der Waals surface area contributed by atoms with E-state index in [9.17, 15) is 13.7 Å². The fraction of sp³-hybridized carbons (Fsp3) is 0.360. The molecule has 1 aliphatic heterocycles. The van der Waals surface area contributed by atoms with Gasteiger partial charge in [0, 0.05) is 30.4 Å². The molecular formula is C25H27N3O4S. The molecule has 0 aliphatic carbocycles. The molecule has 4 rings (SSSR count). The van der Waals surface area contributed by atoms with E-state index in [4.69, 9.17) is 8.92 Å². The van der Waals surface area contributed by atoms with Crippen molar-refractivity contribution in [2.75, 3.05) is 24.2 Å². The van der Waals surface area contributed by atoms with Gasteiger partial charge in [0.15, 0.2) is 0 Å². The zero-order chi connectivity index (χ0) is 23.4. The molecule has 0 N–H and O–H groups in total. The Morgan fingerprint density at radius 1 is 1.18 bits per heavy atom. The first-order valence-electron chi connectivity index (χ1n) is 10.9.